The number of thiocarbonyl (C=S) groups is 1. The third-order valence-corrected chi connectivity index (χ3v) is 4.09. The fourth-order valence-electron chi connectivity index (χ4n) is 2.44. The minimum Gasteiger partial charge on any atom is -0.497 e. The Morgan fingerprint density at radius 2 is 1.79 bits per heavy atom. The van der Waals surface area contributed by atoms with Crippen LogP contribution in [0.1, 0.15) is 31.0 Å². The molecule has 0 saturated carbocycles. The molecule has 1 atom stereocenters. The Labute approximate surface area is 149 Å². The second-order valence-corrected chi connectivity index (χ2v) is 5.89. The first-order valence-electron chi connectivity index (χ1n) is 7.95. The summed E-state index contributed by atoms with van der Waals surface area (Å²) >= 11 is 5.42. The molecule has 0 bridgehead atoms. The third kappa shape index (κ3) is 4.61. The van der Waals surface area contributed by atoms with Crippen LogP contribution in [0.2, 0.25) is 0 Å². The molecular weight excluding hydrogens is 320 g/mol. The van der Waals surface area contributed by atoms with E-state index in [0.29, 0.717) is 5.11 Å². The normalized spacial score (nSPS) is 11.5. The van der Waals surface area contributed by atoms with Crippen LogP contribution in [-0.2, 0) is 6.42 Å². The van der Waals surface area contributed by atoms with Crippen molar-refractivity contribution in [3.05, 3.63) is 53.6 Å². The Kier molecular flexibility index (Phi) is 6.44. The summed E-state index contributed by atoms with van der Waals surface area (Å²) in [5.41, 5.74) is 3.26. The molecule has 0 unspecified atom stereocenters. The molecule has 0 heterocycles. The van der Waals surface area contributed by atoms with Crippen LogP contribution in [0.3, 0.4) is 0 Å². The van der Waals surface area contributed by atoms with E-state index in [1.165, 1.54) is 5.56 Å². The maximum absolute atomic E-state index is 5.43. The molecule has 2 rings (SSSR count). The second-order valence-electron chi connectivity index (χ2n) is 5.48. The Bertz CT molecular complexity index is 686. The number of ether oxygens (including phenoxy) is 2. The highest BCUT2D eigenvalue weighted by Crippen LogP contribution is 2.29. The van der Waals surface area contributed by atoms with Crippen molar-refractivity contribution in [2.45, 2.75) is 26.3 Å². The van der Waals surface area contributed by atoms with Gasteiger partial charge in [-0.2, -0.15) is 0 Å². The zero-order valence-corrected chi connectivity index (χ0v) is 15.4. The van der Waals surface area contributed by atoms with Gasteiger partial charge in [-0.05, 0) is 61.5 Å². The van der Waals surface area contributed by atoms with Crippen molar-refractivity contribution >= 4 is 23.0 Å². The second kappa shape index (κ2) is 8.55. The summed E-state index contributed by atoms with van der Waals surface area (Å²) in [5, 5.41) is 7.06. The number of nitrogens with one attached hydrogen (secondary N) is 2. The van der Waals surface area contributed by atoms with Crippen molar-refractivity contribution in [2.24, 2.45) is 0 Å². The number of rotatable bonds is 6. The SMILES string of the molecule is CCc1ccc(NC(=S)N[C@@H](C)c2cc(OC)ccc2OC)cc1. The van der Waals surface area contributed by atoms with Gasteiger partial charge in [0.25, 0.3) is 0 Å². The van der Waals surface area contributed by atoms with Crippen LogP contribution in [0.4, 0.5) is 5.69 Å². The highest BCUT2D eigenvalue weighted by atomic mass is 32.1. The molecule has 2 N–H and O–H groups in total. The molecule has 0 fully saturated rings. The lowest BCUT2D eigenvalue weighted by Crippen LogP contribution is -2.31. The Hall–Kier alpha value is -2.27. The number of aryl methyl sites for hydroxylation is 1. The quantitative estimate of drug-likeness (QED) is 0.764. The van der Waals surface area contributed by atoms with Gasteiger partial charge in [-0.1, -0.05) is 19.1 Å². The smallest absolute Gasteiger partial charge is 0.171 e. The van der Waals surface area contributed by atoms with Crippen molar-refractivity contribution in [1.29, 1.82) is 0 Å². The summed E-state index contributed by atoms with van der Waals surface area (Å²) in [6.45, 7) is 4.17. The van der Waals surface area contributed by atoms with E-state index in [4.69, 9.17) is 21.7 Å². The van der Waals surface area contributed by atoms with E-state index in [1.807, 2.05) is 37.3 Å². The molecule has 128 valence electrons. The lowest BCUT2D eigenvalue weighted by Gasteiger charge is -2.20. The topological polar surface area (TPSA) is 42.5 Å². The maximum atomic E-state index is 5.43. The Balaban J connectivity index is 2.05. The molecule has 0 spiro atoms. The predicted octanol–water partition coefficient (Wildman–Crippen LogP) is 4.31. The number of methoxy groups -OCH3 is 2. The van der Waals surface area contributed by atoms with E-state index in [1.54, 1.807) is 14.2 Å². The molecule has 0 aliphatic rings. The molecule has 24 heavy (non-hydrogen) atoms. The van der Waals surface area contributed by atoms with Gasteiger partial charge in [-0.25, -0.2) is 0 Å². The van der Waals surface area contributed by atoms with Crippen LogP contribution in [0, 0.1) is 0 Å². The van der Waals surface area contributed by atoms with Crippen LogP contribution in [0.5, 0.6) is 11.5 Å². The summed E-state index contributed by atoms with van der Waals surface area (Å²) in [7, 11) is 3.31. The van der Waals surface area contributed by atoms with Crippen molar-refractivity contribution in [3.63, 3.8) is 0 Å². The summed E-state index contributed by atoms with van der Waals surface area (Å²) in [6.07, 6.45) is 1.02. The first-order valence-corrected chi connectivity index (χ1v) is 8.36. The van der Waals surface area contributed by atoms with Crippen LogP contribution in [0.25, 0.3) is 0 Å². The van der Waals surface area contributed by atoms with Crippen molar-refractivity contribution in [2.75, 3.05) is 19.5 Å². The van der Waals surface area contributed by atoms with Gasteiger partial charge in [-0.3, -0.25) is 0 Å². The van der Waals surface area contributed by atoms with Crippen LogP contribution in [0.15, 0.2) is 42.5 Å². The average Bonchev–Trinajstić information content (AvgIpc) is 2.61. The lowest BCUT2D eigenvalue weighted by atomic mass is 10.1. The van der Waals surface area contributed by atoms with E-state index >= 15 is 0 Å². The number of benzene rings is 2. The minimum atomic E-state index is -0.0232. The highest BCUT2D eigenvalue weighted by Gasteiger charge is 2.14. The van der Waals surface area contributed by atoms with Crippen LogP contribution in [-0.4, -0.2) is 19.3 Å². The van der Waals surface area contributed by atoms with Crippen molar-refractivity contribution < 1.29 is 9.47 Å². The first kappa shape index (κ1) is 18.1. The zero-order chi connectivity index (χ0) is 17.5. The van der Waals surface area contributed by atoms with Gasteiger partial charge in [0.1, 0.15) is 11.5 Å². The molecule has 0 aliphatic heterocycles. The minimum absolute atomic E-state index is 0.0232. The van der Waals surface area contributed by atoms with Gasteiger partial charge in [-0.15, -0.1) is 0 Å². The van der Waals surface area contributed by atoms with E-state index in [9.17, 15) is 0 Å². The van der Waals surface area contributed by atoms with Crippen LogP contribution < -0.4 is 20.1 Å². The average molecular weight is 344 g/mol. The Morgan fingerprint density at radius 3 is 2.38 bits per heavy atom. The molecule has 0 radical (unpaired) electrons. The molecule has 0 amide bonds. The predicted molar refractivity (Wildman–Crippen MR) is 103 cm³/mol. The fraction of sp³-hybridized carbons (Fsp3) is 0.316. The van der Waals surface area contributed by atoms with Gasteiger partial charge in [0.2, 0.25) is 0 Å². The number of hydrogen-bond acceptors (Lipinski definition) is 3. The molecule has 0 aromatic heterocycles. The standard InChI is InChI=1S/C19H24N2O2S/c1-5-14-6-8-15(9-7-14)21-19(24)20-13(2)17-12-16(22-3)10-11-18(17)23-4/h6-13H,5H2,1-4H3,(H2,20,21,24)/t13-/m0/s1. The molecular formula is C19H24N2O2S. The fourth-order valence-corrected chi connectivity index (χ4v) is 2.74. The van der Waals surface area contributed by atoms with Gasteiger partial charge >= 0.3 is 0 Å². The molecule has 5 heteroatoms. The molecule has 2 aromatic carbocycles. The summed E-state index contributed by atoms with van der Waals surface area (Å²) in [4.78, 5) is 0. The monoisotopic (exact) mass is 344 g/mol. The Morgan fingerprint density at radius 1 is 1.08 bits per heavy atom. The summed E-state index contributed by atoms with van der Waals surface area (Å²) < 4.78 is 10.7. The van der Waals surface area contributed by atoms with Crippen molar-refractivity contribution in [1.82, 2.24) is 5.32 Å². The van der Waals surface area contributed by atoms with Gasteiger partial charge in [0, 0.05) is 11.3 Å². The summed E-state index contributed by atoms with van der Waals surface area (Å²) in [6, 6.07) is 14.0. The van der Waals surface area contributed by atoms with E-state index in [2.05, 4.69) is 29.7 Å². The van der Waals surface area contributed by atoms with E-state index in [0.717, 1.165) is 29.2 Å². The van der Waals surface area contributed by atoms with Crippen molar-refractivity contribution in [3.8, 4) is 11.5 Å². The largest absolute Gasteiger partial charge is 0.497 e. The van der Waals surface area contributed by atoms with Gasteiger partial charge in [0.05, 0.1) is 20.3 Å². The van der Waals surface area contributed by atoms with E-state index < -0.39 is 0 Å². The maximum Gasteiger partial charge on any atom is 0.171 e. The first-order chi connectivity index (χ1) is 11.6. The number of anilines is 1. The summed E-state index contributed by atoms with van der Waals surface area (Å²) in [5.74, 6) is 1.58. The lowest BCUT2D eigenvalue weighted by molar-refractivity contribution is 0.395. The third-order valence-electron chi connectivity index (χ3n) is 3.87. The molecule has 2 aromatic rings. The number of hydrogen-bond donors (Lipinski definition) is 2. The highest BCUT2D eigenvalue weighted by molar-refractivity contribution is 7.80. The molecule has 4 nitrogen and oxygen atoms in total. The van der Waals surface area contributed by atoms with Gasteiger partial charge < -0.3 is 20.1 Å². The zero-order valence-electron chi connectivity index (χ0n) is 14.6. The van der Waals surface area contributed by atoms with E-state index in [-0.39, 0.29) is 6.04 Å². The van der Waals surface area contributed by atoms with Gasteiger partial charge in [0.15, 0.2) is 5.11 Å². The molecule has 0 saturated heterocycles. The van der Waals surface area contributed by atoms with Crippen LogP contribution >= 0.6 is 12.2 Å². The molecule has 0 aliphatic carbocycles.